The predicted octanol–water partition coefficient (Wildman–Crippen LogP) is 4.24. The zero-order valence-electron chi connectivity index (χ0n) is 22.8. The van der Waals surface area contributed by atoms with Crippen molar-refractivity contribution < 1.29 is 14.7 Å². The van der Waals surface area contributed by atoms with E-state index in [-0.39, 0.29) is 11.9 Å². The minimum atomic E-state index is 0.0788. The predicted molar refractivity (Wildman–Crippen MR) is 156 cm³/mol. The molecular formula is C30H34ClN7O3. The van der Waals surface area contributed by atoms with Crippen molar-refractivity contribution in [2.45, 2.75) is 44.9 Å². The van der Waals surface area contributed by atoms with E-state index in [0.29, 0.717) is 28.8 Å². The van der Waals surface area contributed by atoms with E-state index >= 15 is 0 Å². The first-order chi connectivity index (χ1) is 20.0. The molecule has 2 saturated heterocycles. The summed E-state index contributed by atoms with van der Waals surface area (Å²) in [5.74, 6) is 2.90. The SMILES string of the molecule is NC(=NO)c1ccc2c(c1)nc(CN1CCC(Oc3ccnc(Cc4ccc(Cl)cc4)n3)CC1)n2C[C@H]1CCOC1. The van der Waals surface area contributed by atoms with Gasteiger partial charge in [-0.3, -0.25) is 4.90 Å². The molecule has 2 aromatic heterocycles. The Morgan fingerprint density at radius 1 is 1.10 bits per heavy atom. The molecule has 41 heavy (non-hydrogen) atoms. The zero-order chi connectivity index (χ0) is 28.2. The van der Waals surface area contributed by atoms with E-state index in [1.165, 1.54) is 0 Å². The number of hydrogen-bond acceptors (Lipinski definition) is 8. The number of aromatic nitrogens is 4. The van der Waals surface area contributed by atoms with Gasteiger partial charge in [0, 0.05) is 61.4 Å². The second-order valence-corrected chi connectivity index (χ2v) is 11.2. The summed E-state index contributed by atoms with van der Waals surface area (Å²) in [4.78, 5) is 16.5. The van der Waals surface area contributed by atoms with Gasteiger partial charge >= 0.3 is 0 Å². The first-order valence-corrected chi connectivity index (χ1v) is 14.4. The van der Waals surface area contributed by atoms with Gasteiger partial charge in [0.05, 0.1) is 24.2 Å². The van der Waals surface area contributed by atoms with Crippen LogP contribution in [0.1, 0.15) is 42.0 Å². The highest BCUT2D eigenvalue weighted by Gasteiger charge is 2.25. The fourth-order valence-corrected chi connectivity index (χ4v) is 5.70. The van der Waals surface area contributed by atoms with Crippen molar-refractivity contribution in [2.24, 2.45) is 16.8 Å². The molecule has 214 valence electrons. The van der Waals surface area contributed by atoms with Crippen molar-refractivity contribution in [1.82, 2.24) is 24.4 Å². The Bertz CT molecular complexity index is 1510. The van der Waals surface area contributed by atoms with Crippen molar-refractivity contribution >= 4 is 28.5 Å². The Labute approximate surface area is 243 Å². The van der Waals surface area contributed by atoms with Gasteiger partial charge in [-0.25, -0.2) is 9.97 Å². The van der Waals surface area contributed by atoms with Crippen molar-refractivity contribution in [1.29, 1.82) is 0 Å². The number of ether oxygens (including phenoxy) is 2. The van der Waals surface area contributed by atoms with Gasteiger partial charge in [-0.1, -0.05) is 28.9 Å². The minimum absolute atomic E-state index is 0.0788. The van der Waals surface area contributed by atoms with Gasteiger partial charge in [-0.05, 0) is 55.2 Å². The lowest BCUT2D eigenvalue weighted by Crippen LogP contribution is -2.38. The second kappa shape index (κ2) is 12.4. The molecular weight excluding hydrogens is 542 g/mol. The van der Waals surface area contributed by atoms with E-state index in [1.54, 1.807) is 6.20 Å². The van der Waals surface area contributed by atoms with Crippen molar-refractivity contribution in [3.05, 3.63) is 82.5 Å². The number of nitrogens with zero attached hydrogens (tertiary/aromatic N) is 6. The summed E-state index contributed by atoms with van der Waals surface area (Å²) in [5, 5.41) is 13.0. The maximum atomic E-state index is 9.12. The number of piperidine rings is 1. The molecule has 2 aliphatic heterocycles. The molecule has 10 nitrogen and oxygen atoms in total. The minimum Gasteiger partial charge on any atom is -0.474 e. The highest BCUT2D eigenvalue weighted by molar-refractivity contribution is 6.30. The van der Waals surface area contributed by atoms with Crippen LogP contribution >= 0.6 is 11.6 Å². The van der Waals surface area contributed by atoms with Crippen LogP contribution in [0.15, 0.2) is 59.9 Å². The fraction of sp³-hybridized carbons (Fsp3) is 0.400. The molecule has 0 saturated carbocycles. The second-order valence-electron chi connectivity index (χ2n) is 10.8. The molecule has 1 atom stereocenters. The average molecular weight is 576 g/mol. The van der Waals surface area contributed by atoms with Crippen molar-refractivity contribution in [3.8, 4) is 5.88 Å². The molecule has 0 unspecified atom stereocenters. The molecule has 2 aromatic carbocycles. The van der Waals surface area contributed by atoms with E-state index in [2.05, 4.69) is 24.6 Å². The van der Waals surface area contributed by atoms with Crippen LogP contribution in [0, 0.1) is 5.92 Å². The van der Waals surface area contributed by atoms with Crippen molar-refractivity contribution in [2.75, 3.05) is 26.3 Å². The maximum absolute atomic E-state index is 9.12. The Balaban J connectivity index is 1.10. The molecule has 4 heterocycles. The first kappa shape index (κ1) is 27.4. The third kappa shape index (κ3) is 6.61. The zero-order valence-corrected chi connectivity index (χ0v) is 23.6. The van der Waals surface area contributed by atoms with Crippen LogP contribution in [0.25, 0.3) is 11.0 Å². The number of fused-ring (bicyclic) bond motifs is 1. The highest BCUT2D eigenvalue weighted by atomic mass is 35.5. The van der Waals surface area contributed by atoms with E-state index in [1.807, 2.05) is 48.5 Å². The molecule has 0 radical (unpaired) electrons. The van der Waals surface area contributed by atoms with E-state index in [4.69, 9.17) is 37.0 Å². The molecule has 0 spiro atoms. The number of oxime groups is 1. The van der Waals surface area contributed by atoms with Gasteiger partial charge in [0.15, 0.2) is 5.84 Å². The summed E-state index contributed by atoms with van der Waals surface area (Å²) in [6.45, 7) is 4.99. The average Bonchev–Trinajstić information content (AvgIpc) is 3.63. The van der Waals surface area contributed by atoms with Crippen LogP contribution in [-0.2, 0) is 24.2 Å². The summed E-state index contributed by atoms with van der Waals surface area (Å²) in [6, 6.07) is 15.3. The van der Waals surface area contributed by atoms with Crippen LogP contribution in [0.3, 0.4) is 0 Å². The summed E-state index contributed by atoms with van der Waals surface area (Å²) in [6.07, 6.45) is 5.34. The summed E-state index contributed by atoms with van der Waals surface area (Å²) >= 11 is 6.01. The number of rotatable bonds is 9. The summed E-state index contributed by atoms with van der Waals surface area (Å²) in [7, 11) is 0. The Morgan fingerprint density at radius 2 is 1.93 bits per heavy atom. The van der Waals surface area contributed by atoms with Crippen LogP contribution < -0.4 is 10.5 Å². The molecule has 2 fully saturated rings. The van der Waals surface area contributed by atoms with Gasteiger partial charge in [0.1, 0.15) is 17.8 Å². The molecule has 4 aromatic rings. The third-order valence-corrected chi connectivity index (χ3v) is 8.09. The van der Waals surface area contributed by atoms with Crippen LogP contribution in [0.4, 0.5) is 0 Å². The molecule has 0 aliphatic carbocycles. The normalized spacial score (nSPS) is 18.8. The Kier molecular flexibility index (Phi) is 8.31. The maximum Gasteiger partial charge on any atom is 0.216 e. The van der Waals surface area contributed by atoms with E-state index in [9.17, 15) is 0 Å². The van der Waals surface area contributed by atoms with Crippen LogP contribution in [0.5, 0.6) is 5.88 Å². The highest BCUT2D eigenvalue weighted by Crippen LogP contribution is 2.25. The lowest BCUT2D eigenvalue weighted by Gasteiger charge is -2.31. The van der Waals surface area contributed by atoms with Gasteiger partial charge in [0.25, 0.3) is 0 Å². The monoisotopic (exact) mass is 575 g/mol. The Morgan fingerprint density at radius 3 is 2.68 bits per heavy atom. The number of amidine groups is 1. The lowest BCUT2D eigenvalue weighted by molar-refractivity contribution is 0.0908. The molecule has 11 heteroatoms. The molecule has 6 rings (SSSR count). The number of halogens is 1. The molecule has 2 aliphatic rings. The number of likely N-dealkylation sites (tertiary alicyclic amines) is 1. The lowest BCUT2D eigenvalue weighted by atomic mass is 10.1. The molecule has 0 amide bonds. The topological polar surface area (TPSA) is 124 Å². The van der Waals surface area contributed by atoms with Gasteiger partial charge in [0.2, 0.25) is 5.88 Å². The van der Waals surface area contributed by atoms with Crippen molar-refractivity contribution in [3.63, 3.8) is 0 Å². The van der Waals surface area contributed by atoms with Crippen LogP contribution in [-0.4, -0.2) is 67.9 Å². The fourth-order valence-electron chi connectivity index (χ4n) is 5.58. The van der Waals surface area contributed by atoms with Crippen LogP contribution in [0.2, 0.25) is 5.02 Å². The standard InChI is InChI=1S/C30H34ClN7O3/c31-23-4-1-20(2-5-23)15-27-33-11-7-29(35-27)41-24-8-12-37(13-9-24)18-28-34-25-16-22(30(32)36-39)3-6-26(25)38(28)17-21-10-14-40-19-21/h1-7,11,16,21,24,39H,8-10,12-15,17-19H2,(H2,32,36)/t21-/m1/s1. The number of nitrogens with two attached hydrogens (primary N) is 1. The summed E-state index contributed by atoms with van der Waals surface area (Å²) < 4.78 is 14.2. The smallest absolute Gasteiger partial charge is 0.216 e. The number of hydrogen-bond donors (Lipinski definition) is 2. The molecule has 0 bridgehead atoms. The number of imidazole rings is 1. The molecule has 3 N–H and O–H groups in total. The van der Waals surface area contributed by atoms with Gasteiger partial charge < -0.3 is 25.0 Å². The van der Waals surface area contributed by atoms with Gasteiger partial charge in [-0.2, -0.15) is 4.98 Å². The van der Waals surface area contributed by atoms with Gasteiger partial charge in [-0.15, -0.1) is 0 Å². The quantitative estimate of drug-likeness (QED) is 0.131. The van der Waals surface area contributed by atoms with E-state index < -0.39 is 0 Å². The summed E-state index contributed by atoms with van der Waals surface area (Å²) in [5.41, 5.74) is 9.50. The third-order valence-electron chi connectivity index (χ3n) is 7.84. The Hall–Kier alpha value is -3.73. The largest absolute Gasteiger partial charge is 0.474 e. The van der Waals surface area contributed by atoms with E-state index in [0.717, 1.165) is 86.9 Å². The number of benzene rings is 2. The first-order valence-electron chi connectivity index (χ1n) is 14.0.